The maximum Gasteiger partial charge on any atom is 0.267 e. The van der Waals surface area contributed by atoms with Gasteiger partial charge in [0.05, 0.1) is 17.7 Å². The second kappa shape index (κ2) is 2.44. The predicted octanol–water partition coefficient (Wildman–Crippen LogP) is 0.344. The molecule has 0 aromatic carbocycles. The molecule has 1 aliphatic rings. The van der Waals surface area contributed by atoms with Crippen LogP contribution >= 0.6 is 11.6 Å². The van der Waals surface area contributed by atoms with Gasteiger partial charge in [-0.05, 0) is 6.42 Å². The molecule has 5 heteroatoms. The van der Waals surface area contributed by atoms with E-state index in [1.807, 2.05) is 0 Å². The molecule has 3 nitrogen and oxygen atoms in total. The molecule has 1 heterocycles. The van der Waals surface area contributed by atoms with E-state index in [1.54, 1.807) is 0 Å². The van der Waals surface area contributed by atoms with E-state index in [2.05, 4.69) is 4.18 Å². The van der Waals surface area contributed by atoms with Gasteiger partial charge in [-0.25, -0.2) is 0 Å². The normalized spacial score (nSPS) is 34.1. The number of alkyl halides is 1. The Morgan fingerprint density at radius 1 is 1.56 bits per heavy atom. The Labute approximate surface area is 59.1 Å². The van der Waals surface area contributed by atoms with Gasteiger partial charge in [0.25, 0.3) is 10.1 Å². The molecular weight excluding hydrogens is 164 g/mol. The second-order valence-electron chi connectivity index (χ2n) is 1.93. The van der Waals surface area contributed by atoms with Crippen LogP contribution in [0.5, 0.6) is 0 Å². The van der Waals surface area contributed by atoms with Crippen LogP contribution in [0.3, 0.4) is 0 Å². The summed E-state index contributed by atoms with van der Waals surface area (Å²) in [4.78, 5) is 0. The van der Waals surface area contributed by atoms with Crippen molar-refractivity contribution >= 4 is 21.7 Å². The zero-order chi connectivity index (χ0) is 6.91. The minimum Gasteiger partial charge on any atom is -0.269 e. The van der Waals surface area contributed by atoms with Gasteiger partial charge < -0.3 is 0 Å². The van der Waals surface area contributed by atoms with E-state index in [9.17, 15) is 8.42 Å². The molecule has 0 radical (unpaired) electrons. The summed E-state index contributed by atoms with van der Waals surface area (Å²) < 4.78 is 25.4. The van der Waals surface area contributed by atoms with Crippen molar-refractivity contribution in [3.05, 3.63) is 0 Å². The standard InChI is InChI=1S/C4H7ClO3S/c5-4-1-2-9(6,7)8-3-4/h4H,1-3H2. The summed E-state index contributed by atoms with van der Waals surface area (Å²) in [6, 6.07) is 0. The number of rotatable bonds is 0. The van der Waals surface area contributed by atoms with Crippen LogP contribution in [-0.2, 0) is 14.3 Å². The molecule has 0 aromatic heterocycles. The largest absolute Gasteiger partial charge is 0.269 e. The molecular formula is C4H7ClO3S. The molecule has 0 aromatic rings. The van der Waals surface area contributed by atoms with Crippen LogP contribution in [-0.4, -0.2) is 26.2 Å². The lowest BCUT2D eigenvalue weighted by molar-refractivity contribution is 0.295. The van der Waals surface area contributed by atoms with Crippen LogP contribution in [0.25, 0.3) is 0 Å². The molecule has 9 heavy (non-hydrogen) atoms. The number of hydrogen-bond acceptors (Lipinski definition) is 3. The lowest BCUT2D eigenvalue weighted by Gasteiger charge is -2.15. The number of hydrogen-bond donors (Lipinski definition) is 0. The molecule has 0 bridgehead atoms. The summed E-state index contributed by atoms with van der Waals surface area (Å²) in [5.74, 6) is 0.0567. The van der Waals surface area contributed by atoms with Gasteiger partial charge in [0.15, 0.2) is 0 Å². The van der Waals surface area contributed by atoms with Crippen molar-refractivity contribution in [1.29, 1.82) is 0 Å². The van der Waals surface area contributed by atoms with Crippen molar-refractivity contribution in [3.8, 4) is 0 Å². The van der Waals surface area contributed by atoms with Crippen LogP contribution in [0.15, 0.2) is 0 Å². The van der Waals surface area contributed by atoms with E-state index in [0.29, 0.717) is 6.42 Å². The predicted molar refractivity (Wildman–Crippen MR) is 34.0 cm³/mol. The van der Waals surface area contributed by atoms with Crippen LogP contribution in [0, 0.1) is 0 Å². The molecule has 1 atom stereocenters. The van der Waals surface area contributed by atoms with Gasteiger partial charge in [0.1, 0.15) is 0 Å². The van der Waals surface area contributed by atoms with E-state index in [1.165, 1.54) is 0 Å². The lowest BCUT2D eigenvalue weighted by Crippen LogP contribution is -2.25. The molecule has 1 rings (SSSR count). The van der Waals surface area contributed by atoms with E-state index < -0.39 is 10.1 Å². The first-order valence-electron chi connectivity index (χ1n) is 2.61. The average Bonchev–Trinajstić information content (AvgIpc) is 1.78. The van der Waals surface area contributed by atoms with Crippen molar-refractivity contribution < 1.29 is 12.6 Å². The number of halogens is 1. The van der Waals surface area contributed by atoms with Crippen LogP contribution in [0.4, 0.5) is 0 Å². The van der Waals surface area contributed by atoms with Gasteiger partial charge in [0.2, 0.25) is 0 Å². The molecule has 1 aliphatic heterocycles. The Morgan fingerprint density at radius 2 is 2.22 bits per heavy atom. The lowest BCUT2D eigenvalue weighted by atomic mass is 10.3. The highest BCUT2D eigenvalue weighted by Gasteiger charge is 2.21. The van der Waals surface area contributed by atoms with Crippen molar-refractivity contribution in [2.45, 2.75) is 11.8 Å². The molecule has 1 unspecified atom stereocenters. The molecule has 0 N–H and O–H groups in total. The first-order chi connectivity index (χ1) is 4.10. The van der Waals surface area contributed by atoms with Gasteiger partial charge in [-0.15, -0.1) is 11.6 Å². The maximum absolute atomic E-state index is 10.5. The zero-order valence-corrected chi connectivity index (χ0v) is 6.28. The average molecular weight is 171 g/mol. The Balaban J connectivity index is 2.55. The summed E-state index contributed by atoms with van der Waals surface area (Å²) in [5, 5.41) is -0.131. The Hall–Kier alpha value is 0.200. The summed E-state index contributed by atoms with van der Waals surface area (Å²) in [6.07, 6.45) is 0.504. The third-order valence-electron chi connectivity index (χ3n) is 1.11. The van der Waals surface area contributed by atoms with E-state index in [-0.39, 0.29) is 17.7 Å². The Morgan fingerprint density at radius 3 is 2.56 bits per heavy atom. The van der Waals surface area contributed by atoms with Crippen molar-refractivity contribution in [1.82, 2.24) is 0 Å². The van der Waals surface area contributed by atoms with Gasteiger partial charge in [-0.1, -0.05) is 0 Å². The van der Waals surface area contributed by atoms with E-state index in [0.717, 1.165) is 0 Å². The van der Waals surface area contributed by atoms with Gasteiger partial charge in [0, 0.05) is 0 Å². The van der Waals surface area contributed by atoms with Crippen LogP contribution in [0.1, 0.15) is 6.42 Å². The molecule has 0 amide bonds. The quantitative estimate of drug-likeness (QED) is 0.389. The maximum atomic E-state index is 10.5. The van der Waals surface area contributed by atoms with Gasteiger partial charge >= 0.3 is 0 Å². The Bertz CT molecular complexity index is 172. The molecule has 0 aliphatic carbocycles. The zero-order valence-electron chi connectivity index (χ0n) is 4.71. The first-order valence-corrected chi connectivity index (χ1v) is 4.63. The third kappa shape index (κ3) is 2.12. The highest BCUT2D eigenvalue weighted by molar-refractivity contribution is 7.86. The van der Waals surface area contributed by atoms with Crippen molar-refractivity contribution in [2.75, 3.05) is 12.4 Å². The fourth-order valence-electron chi connectivity index (χ4n) is 0.592. The second-order valence-corrected chi connectivity index (χ2v) is 4.31. The summed E-state index contributed by atoms with van der Waals surface area (Å²) >= 11 is 5.55. The Kier molecular flexibility index (Phi) is 1.98. The molecule has 0 saturated carbocycles. The molecule has 1 fully saturated rings. The van der Waals surface area contributed by atoms with Crippen LogP contribution in [0.2, 0.25) is 0 Å². The van der Waals surface area contributed by atoms with E-state index in [4.69, 9.17) is 11.6 Å². The summed E-state index contributed by atoms with van der Waals surface area (Å²) in [7, 11) is -3.20. The SMILES string of the molecule is O=S1(=O)CCC(Cl)CO1. The highest BCUT2D eigenvalue weighted by atomic mass is 35.5. The monoisotopic (exact) mass is 170 g/mol. The smallest absolute Gasteiger partial charge is 0.267 e. The van der Waals surface area contributed by atoms with Crippen LogP contribution < -0.4 is 0 Å². The van der Waals surface area contributed by atoms with Gasteiger partial charge in [-0.2, -0.15) is 8.42 Å². The molecule has 54 valence electrons. The fourth-order valence-corrected chi connectivity index (χ4v) is 2.03. The van der Waals surface area contributed by atoms with E-state index >= 15 is 0 Å². The van der Waals surface area contributed by atoms with Crippen molar-refractivity contribution in [3.63, 3.8) is 0 Å². The summed E-state index contributed by atoms with van der Waals surface area (Å²) in [5.41, 5.74) is 0. The first kappa shape index (κ1) is 7.31. The minimum absolute atomic E-state index is 0.0567. The third-order valence-corrected chi connectivity index (χ3v) is 2.68. The highest BCUT2D eigenvalue weighted by Crippen LogP contribution is 2.13. The molecule has 1 saturated heterocycles. The minimum atomic E-state index is -3.20. The topological polar surface area (TPSA) is 43.4 Å². The fraction of sp³-hybridized carbons (Fsp3) is 1.00. The summed E-state index contributed by atoms with van der Waals surface area (Å²) in [6.45, 7) is 0.129. The van der Waals surface area contributed by atoms with Crippen molar-refractivity contribution in [2.24, 2.45) is 0 Å². The molecule has 0 spiro atoms. The van der Waals surface area contributed by atoms with Gasteiger partial charge in [-0.3, -0.25) is 4.18 Å².